The second-order valence-electron chi connectivity index (χ2n) is 4.75. The number of hydrogen-bond donors (Lipinski definition) is 2. The van der Waals surface area contributed by atoms with Gasteiger partial charge in [0.2, 0.25) is 5.91 Å². The number of ether oxygens (including phenoxy) is 1. The second kappa shape index (κ2) is 4.05. The van der Waals surface area contributed by atoms with E-state index >= 15 is 0 Å². The monoisotopic (exact) mass is 227 g/mol. The lowest BCUT2D eigenvalue weighted by Crippen LogP contribution is -2.49. The lowest BCUT2D eigenvalue weighted by atomic mass is 9.80. The minimum absolute atomic E-state index is 0.143. The molecule has 90 valence electrons. The molecule has 5 heteroatoms. The molecule has 0 bridgehead atoms. The van der Waals surface area contributed by atoms with Crippen molar-refractivity contribution in [2.75, 3.05) is 13.7 Å². The number of carboxylic acid groups (broad SMARTS) is 1. The number of carboxylic acids is 1. The van der Waals surface area contributed by atoms with Crippen molar-refractivity contribution in [3.8, 4) is 0 Å². The Bertz CT molecular complexity index is 306. The summed E-state index contributed by atoms with van der Waals surface area (Å²) in [5.74, 6) is -1.81. The van der Waals surface area contributed by atoms with Crippen molar-refractivity contribution in [1.82, 2.24) is 5.32 Å². The number of amides is 1. The van der Waals surface area contributed by atoms with Gasteiger partial charge in [0.15, 0.2) is 0 Å². The number of hydrogen-bond acceptors (Lipinski definition) is 3. The van der Waals surface area contributed by atoms with Gasteiger partial charge >= 0.3 is 5.97 Å². The van der Waals surface area contributed by atoms with Gasteiger partial charge < -0.3 is 15.2 Å². The molecule has 0 heterocycles. The van der Waals surface area contributed by atoms with Crippen LogP contribution in [0.1, 0.15) is 25.7 Å². The van der Waals surface area contributed by atoms with E-state index in [1.165, 1.54) is 0 Å². The van der Waals surface area contributed by atoms with Gasteiger partial charge in [-0.15, -0.1) is 0 Å². The summed E-state index contributed by atoms with van der Waals surface area (Å²) in [6.45, 7) is 0.505. The third-order valence-electron chi connectivity index (χ3n) is 3.73. The number of carbonyl (C=O) groups excluding carboxylic acids is 1. The first kappa shape index (κ1) is 11.4. The summed E-state index contributed by atoms with van der Waals surface area (Å²) in [5, 5.41) is 11.5. The zero-order chi connectivity index (χ0) is 11.8. The van der Waals surface area contributed by atoms with Gasteiger partial charge in [0, 0.05) is 13.7 Å². The molecule has 5 nitrogen and oxygen atoms in total. The van der Waals surface area contributed by atoms with Gasteiger partial charge in [-0.1, -0.05) is 0 Å². The van der Waals surface area contributed by atoms with Crippen LogP contribution in [0.25, 0.3) is 0 Å². The van der Waals surface area contributed by atoms with Gasteiger partial charge in [-0.05, 0) is 25.7 Å². The van der Waals surface area contributed by atoms with Crippen molar-refractivity contribution in [2.45, 2.75) is 31.3 Å². The maximum atomic E-state index is 11.6. The van der Waals surface area contributed by atoms with Gasteiger partial charge in [-0.3, -0.25) is 9.59 Å². The molecule has 2 fully saturated rings. The molecule has 0 aliphatic heterocycles. The van der Waals surface area contributed by atoms with Crippen LogP contribution in [0.15, 0.2) is 0 Å². The highest BCUT2D eigenvalue weighted by atomic mass is 16.5. The van der Waals surface area contributed by atoms with E-state index in [0.717, 1.165) is 19.3 Å². The maximum absolute atomic E-state index is 11.6. The lowest BCUT2D eigenvalue weighted by molar-refractivity contribution is -0.140. The van der Waals surface area contributed by atoms with Crippen molar-refractivity contribution in [1.29, 1.82) is 0 Å². The van der Waals surface area contributed by atoms with E-state index in [4.69, 9.17) is 9.84 Å². The second-order valence-corrected chi connectivity index (χ2v) is 4.75. The molecule has 0 aromatic heterocycles. The predicted molar refractivity (Wildman–Crippen MR) is 55.8 cm³/mol. The molecule has 0 spiro atoms. The fraction of sp³-hybridized carbons (Fsp3) is 0.818. The average Bonchev–Trinajstić information content (AvgIpc) is 2.95. The third-order valence-corrected chi connectivity index (χ3v) is 3.73. The van der Waals surface area contributed by atoms with E-state index in [2.05, 4.69) is 5.32 Å². The van der Waals surface area contributed by atoms with Gasteiger partial charge in [0.1, 0.15) is 0 Å². The van der Waals surface area contributed by atoms with Crippen molar-refractivity contribution in [3.05, 3.63) is 0 Å². The number of nitrogens with one attached hydrogen (secondary N) is 1. The van der Waals surface area contributed by atoms with E-state index < -0.39 is 11.9 Å². The molecule has 2 atom stereocenters. The summed E-state index contributed by atoms with van der Waals surface area (Å²) in [5.41, 5.74) is -0.191. The van der Waals surface area contributed by atoms with E-state index in [0.29, 0.717) is 13.0 Å². The first-order chi connectivity index (χ1) is 7.58. The van der Waals surface area contributed by atoms with E-state index in [-0.39, 0.29) is 17.4 Å². The molecular formula is C11H17NO4. The third kappa shape index (κ3) is 2.04. The Morgan fingerprint density at radius 3 is 2.50 bits per heavy atom. The number of methoxy groups -OCH3 is 1. The first-order valence-electron chi connectivity index (χ1n) is 5.64. The van der Waals surface area contributed by atoms with Crippen molar-refractivity contribution < 1.29 is 19.4 Å². The van der Waals surface area contributed by atoms with E-state index in [1.54, 1.807) is 7.11 Å². The minimum Gasteiger partial charge on any atom is -0.481 e. The molecule has 0 aromatic rings. The largest absolute Gasteiger partial charge is 0.481 e. The Labute approximate surface area is 94.2 Å². The van der Waals surface area contributed by atoms with Crippen molar-refractivity contribution >= 4 is 11.9 Å². The van der Waals surface area contributed by atoms with Gasteiger partial charge in [-0.25, -0.2) is 0 Å². The summed E-state index contributed by atoms with van der Waals surface area (Å²) in [4.78, 5) is 22.2. The Kier molecular flexibility index (Phi) is 2.88. The van der Waals surface area contributed by atoms with Crippen LogP contribution in [0.3, 0.4) is 0 Å². The number of carbonyl (C=O) groups is 2. The standard InChI is InChI=1S/C11H17NO4/c1-16-11(3-2-4-11)6-12-9(13)7-5-8(7)10(14)15/h7-8H,2-6H2,1H3,(H,12,13)(H,14,15)/t7-,8+/m1/s1. The topological polar surface area (TPSA) is 75.6 Å². The predicted octanol–water partition coefficient (Wildman–Crippen LogP) is 0.392. The smallest absolute Gasteiger partial charge is 0.307 e. The molecule has 1 amide bonds. The Balaban J connectivity index is 1.75. The summed E-state index contributed by atoms with van der Waals surface area (Å²) in [6, 6.07) is 0. The minimum atomic E-state index is -0.870. The van der Waals surface area contributed by atoms with Gasteiger partial charge in [0.05, 0.1) is 17.4 Å². The zero-order valence-corrected chi connectivity index (χ0v) is 9.36. The highest BCUT2D eigenvalue weighted by Gasteiger charge is 2.49. The van der Waals surface area contributed by atoms with Crippen LogP contribution in [0, 0.1) is 11.8 Å². The number of rotatable bonds is 5. The molecule has 0 aromatic carbocycles. The molecule has 0 radical (unpaired) electrons. The molecule has 2 N–H and O–H groups in total. The van der Waals surface area contributed by atoms with Crippen LogP contribution in [0.5, 0.6) is 0 Å². The van der Waals surface area contributed by atoms with Crippen LogP contribution < -0.4 is 5.32 Å². The molecule has 2 rings (SSSR count). The van der Waals surface area contributed by atoms with Crippen molar-refractivity contribution in [2.24, 2.45) is 11.8 Å². The van der Waals surface area contributed by atoms with Crippen LogP contribution in [-0.4, -0.2) is 36.2 Å². The molecule has 2 saturated carbocycles. The van der Waals surface area contributed by atoms with Crippen LogP contribution in [0.4, 0.5) is 0 Å². The van der Waals surface area contributed by atoms with E-state index in [1.807, 2.05) is 0 Å². The molecule has 0 unspecified atom stereocenters. The summed E-state index contributed by atoms with van der Waals surface area (Å²) in [6.07, 6.45) is 3.54. The van der Waals surface area contributed by atoms with E-state index in [9.17, 15) is 9.59 Å². The van der Waals surface area contributed by atoms with Gasteiger partial charge in [0.25, 0.3) is 0 Å². The van der Waals surface area contributed by atoms with Crippen LogP contribution in [0.2, 0.25) is 0 Å². The maximum Gasteiger partial charge on any atom is 0.307 e. The van der Waals surface area contributed by atoms with Crippen LogP contribution >= 0.6 is 0 Å². The summed E-state index contributed by atoms with van der Waals surface area (Å²) >= 11 is 0. The van der Waals surface area contributed by atoms with Gasteiger partial charge in [-0.2, -0.15) is 0 Å². The lowest BCUT2D eigenvalue weighted by Gasteiger charge is -2.40. The Morgan fingerprint density at radius 1 is 1.44 bits per heavy atom. The fourth-order valence-electron chi connectivity index (χ4n) is 2.16. The van der Waals surface area contributed by atoms with Crippen LogP contribution in [-0.2, 0) is 14.3 Å². The highest BCUT2D eigenvalue weighted by molar-refractivity contribution is 5.89. The average molecular weight is 227 g/mol. The normalized spacial score (nSPS) is 30.3. The summed E-state index contributed by atoms with van der Waals surface area (Å²) in [7, 11) is 1.66. The Morgan fingerprint density at radius 2 is 2.12 bits per heavy atom. The highest BCUT2D eigenvalue weighted by Crippen LogP contribution is 2.39. The number of aliphatic carboxylic acids is 1. The fourth-order valence-corrected chi connectivity index (χ4v) is 2.16. The quantitative estimate of drug-likeness (QED) is 0.712. The molecule has 2 aliphatic carbocycles. The molecule has 16 heavy (non-hydrogen) atoms. The SMILES string of the molecule is COC1(CNC(=O)[C@@H]2C[C@@H]2C(=O)O)CCC1. The van der Waals surface area contributed by atoms with Crippen molar-refractivity contribution in [3.63, 3.8) is 0 Å². The zero-order valence-electron chi connectivity index (χ0n) is 9.36. The molecular weight excluding hydrogens is 210 g/mol. The summed E-state index contributed by atoms with van der Waals surface area (Å²) < 4.78 is 5.37. The Hall–Kier alpha value is -1.10. The first-order valence-corrected chi connectivity index (χ1v) is 5.64. The molecule has 0 saturated heterocycles. The molecule has 2 aliphatic rings.